The quantitative estimate of drug-likeness (QED) is 0.712. The van der Waals surface area contributed by atoms with Crippen LogP contribution in [0.5, 0.6) is 5.75 Å². The van der Waals surface area contributed by atoms with Gasteiger partial charge in [0.2, 0.25) is 0 Å². The molecule has 1 heterocycles. The molecule has 0 saturated carbocycles. The van der Waals surface area contributed by atoms with Gasteiger partial charge in [-0.05, 0) is 30.3 Å². The van der Waals surface area contributed by atoms with Gasteiger partial charge in [0.15, 0.2) is 6.79 Å². The fourth-order valence-corrected chi connectivity index (χ4v) is 2.84. The number of carbonyl (C=O) groups is 1. The van der Waals surface area contributed by atoms with Gasteiger partial charge in [0, 0.05) is 20.6 Å². The lowest BCUT2D eigenvalue weighted by Gasteiger charge is -2.21. The Hall–Kier alpha value is -1.63. The van der Waals surface area contributed by atoms with Gasteiger partial charge >= 0.3 is 5.97 Å². The molecule has 23 heavy (non-hydrogen) atoms. The van der Waals surface area contributed by atoms with E-state index in [0.29, 0.717) is 27.4 Å². The van der Waals surface area contributed by atoms with Crippen LogP contribution >= 0.6 is 27.5 Å². The number of fused-ring (bicyclic) bond motifs is 1. The molecule has 120 valence electrons. The minimum Gasteiger partial charge on any atom is -0.467 e. The molecule has 0 fully saturated rings. The topological polar surface area (TPSA) is 44.8 Å². The van der Waals surface area contributed by atoms with E-state index in [9.17, 15) is 9.18 Å². The molecule has 0 amide bonds. The molecule has 3 rings (SSSR count). The molecule has 0 aromatic heterocycles. The van der Waals surface area contributed by atoms with Crippen molar-refractivity contribution in [1.82, 2.24) is 0 Å². The molecule has 1 aliphatic heterocycles. The average Bonchev–Trinajstić information content (AvgIpc) is 2.52. The fraction of sp³-hybridized carbons (Fsp3) is 0.188. The summed E-state index contributed by atoms with van der Waals surface area (Å²) < 4.78 is 30.1. The lowest BCUT2D eigenvalue weighted by atomic mass is 10.1. The summed E-state index contributed by atoms with van der Waals surface area (Å²) in [6, 6.07) is 7.52. The molecule has 7 heteroatoms. The van der Waals surface area contributed by atoms with Gasteiger partial charge in [-0.1, -0.05) is 27.5 Å². The number of ether oxygens (including phenoxy) is 3. The van der Waals surface area contributed by atoms with Gasteiger partial charge in [-0.3, -0.25) is 0 Å². The number of benzene rings is 2. The highest BCUT2D eigenvalue weighted by Crippen LogP contribution is 2.32. The minimum atomic E-state index is -0.754. The highest BCUT2D eigenvalue weighted by Gasteiger charge is 2.19. The first kappa shape index (κ1) is 16.2. The van der Waals surface area contributed by atoms with Crippen LogP contribution in [-0.4, -0.2) is 12.8 Å². The number of hydrogen-bond donors (Lipinski definition) is 0. The lowest BCUT2D eigenvalue weighted by molar-refractivity contribution is -0.0180. The van der Waals surface area contributed by atoms with Gasteiger partial charge in [-0.2, -0.15) is 0 Å². The van der Waals surface area contributed by atoms with Crippen molar-refractivity contribution in [3.63, 3.8) is 0 Å². The summed E-state index contributed by atoms with van der Waals surface area (Å²) in [5, 5.41) is 0.485. The average molecular weight is 402 g/mol. The van der Waals surface area contributed by atoms with E-state index in [1.54, 1.807) is 18.2 Å². The first-order valence-corrected chi connectivity index (χ1v) is 7.85. The van der Waals surface area contributed by atoms with Gasteiger partial charge in [-0.25, -0.2) is 9.18 Å². The highest BCUT2D eigenvalue weighted by atomic mass is 79.9. The molecule has 0 saturated heterocycles. The van der Waals surface area contributed by atoms with Crippen LogP contribution in [0.25, 0.3) is 0 Å². The van der Waals surface area contributed by atoms with Crippen molar-refractivity contribution in [2.75, 3.05) is 6.79 Å². The van der Waals surface area contributed by atoms with E-state index in [0.717, 1.165) is 5.56 Å². The third kappa shape index (κ3) is 3.65. The molecule has 2 aromatic carbocycles. The van der Waals surface area contributed by atoms with Gasteiger partial charge in [-0.15, -0.1) is 0 Å². The number of carbonyl (C=O) groups excluding carboxylic acids is 1. The molecule has 4 nitrogen and oxygen atoms in total. The Morgan fingerprint density at radius 3 is 2.96 bits per heavy atom. The standard InChI is InChI=1S/C16H11BrClFO4/c17-11-1-2-13(14(19)5-11)16(20)22-7-10-4-12(18)3-9-6-21-8-23-15(9)10/h1-5H,6-8H2. The molecule has 2 aromatic rings. The maximum absolute atomic E-state index is 13.8. The van der Waals surface area contributed by atoms with Crippen molar-refractivity contribution in [3.8, 4) is 5.75 Å². The smallest absolute Gasteiger partial charge is 0.341 e. The maximum atomic E-state index is 13.8. The van der Waals surface area contributed by atoms with Crippen LogP contribution < -0.4 is 4.74 Å². The summed E-state index contributed by atoms with van der Waals surface area (Å²) in [6.07, 6.45) is 0. The summed E-state index contributed by atoms with van der Waals surface area (Å²) in [6.45, 7) is 0.423. The van der Waals surface area contributed by atoms with Gasteiger partial charge in [0.05, 0.1) is 12.2 Å². The summed E-state index contributed by atoms with van der Waals surface area (Å²) in [4.78, 5) is 12.0. The predicted octanol–water partition coefficient (Wildman–Crippen LogP) is 4.47. The third-order valence-corrected chi connectivity index (χ3v) is 3.97. The first-order chi connectivity index (χ1) is 11.0. The summed E-state index contributed by atoms with van der Waals surface area (Å²) in [5.74, 6) is -0.817. The van der Waals surface area contributed by atoms with Crippen LogP contribution in [-0.2, 0) is 22.7 Å². The van der Waals surface area contributed by atoms with Crippen LogP contribution in [0.15, 0.2) is 34.8 Å². The number of rotatable bonds is 3. The van der Waals surface area contributed by atoms with E-state index >= 15 is 0 Å². The third-order valence-electron chi connectivity index (χ3n) is 3.26. The van der Waals surface area contributed by atoms with Gasteiger partial charge in [0.1, 0.15) is 18.2 Å². The Kier molecular flexibility index (Phi) is 4.84. The Labute approximate surface area is 145 Å². The molecular formula is C16H11BrClFO4. The minimum absolute atomic E-state index is 0.0722. The normalized spacial score (nSPS) is 13.2. The SMILES string of the molecule is O=C(OCc1cc(Cl)cc2c1OCOC2)c1ccc(Br)cc1F. The van der Waals surface area contributed by atoms with Crippen LogP contribution in [0.3, 0.4) is 0 Å². The first-order valence-electron chi connectivity index (χ1n) is 6.68. The Bertz CT molecular complexity index is 766. The zero-order valence-corrected chi connectivity index (χ0v) is 14.1. The number of hydrogen-bond acceptors (Lipinski definition) is 4. The van der Waals surface area contributed by atoms with E-state index in [2.05, 4.69) is 15.9 Å². The molecule has 0 radical (unpaired) electrons. The van der Waals surface area contributed by atoms with Crippen molar-refractivity contribution in [2.45, 2.75) is 13.2 Å². The zero-order chi connectivity index (χ0) is 16.4. The van der Waals surface area contributed by atoms with Crippen LogP contribution in [0.1, 0.15) is 21.5 Å². The molecule has 0 unspecified atom stereocenters. The molecule has 1 aliphatic rings. The van der Waals surface area contributed by atoms with Crippen molar-refractivity contribution in [1.29, 1.82) is 0 Å². The molecule has 0 spiro atoms. The second-order valence-electron chi connectivity index (χ2n) is 4.86. The monoisotopic (exact) mass is 400 g/mol. The summed E-state index contributed by atoms with van der Waals surface area (Å²) in [5.41, 5.74) is 1.26. The van der Waals surface area contributed by atoms with Crippen molar-refractivity contribution in [2.24, 2.45) is 0 Å². The largest absolute Gasteiger partial charge is 0.467 e. The van der Waals surface area contributed by atoms with Crippen LogP contribution in [0.4, 0.5) is 4.39 Å². The summed E-state index contributed by atoms with van der Waals surface area (Å²) in [7, 11) is 0. The zero-order valence-electron chi connectivity index (χ0n) is 11.8. The van der Waals surface area contributed by atoms with Crippen LogP contribution in [0.2, 0.25) is 5.02 Å². The molecule has 0 atom stereocenters. The predicted molar refractivity (Wildman–Crippen MR) is 85.0 cm³/mol. The van der Waals surface area contributed by atoms with E-state index < -0.39 is 11.8 Å². The number of esters is 1. The van der Waals surface area contributed by atoms with Gasteiger partial charge < -0.3 is 14.2 Å². The van der Waals surface area contributed by atoms with Crippen molar-refractivity contribution >= 4 is 33.5 Å². The maximum Gasteiger partial charge on any atom is 0.341 e. The van der Waals surface area contributed by atoms with E-state index in [1.807, 2.05) is 0 Å². The van der Waals surface area contributed by atoms with E-state index in [1.165, 1.54) is 12.1 Å². The second-order valence-corrected chi connectivity index (χ2v) is 6.22. The van der Waals surface area contributed by atoms with Crippen LogP contribution in [0, 0.1) is 5.82 Å². The Morgan fingerprint density at radius 1 is 1.35 bits per heavy atom. The van der Waals surface area contributed by atoms with Crippen molar-refractivity contribution in [3.05, 3.63) is 62.3 Å². The lowest BCUT2D eigenvalue weighted by Crippen LogP contribution is -2.14. The molecule has 0 bridgehead atoms. The van der Waals surface area contributed by atoms with Gasteiger partial charge in [0.25, 0.3) is 0 Å². The van der Waals surface area contributed by atoms with Crippen molar-refractivity contribution < 1.29 is 23.4 Å². The number of halogens is 3. The molecular weight excluding hydrogens is 391 g/mol. The summed E-state index contributed by atoms with van der Waals surface area (Å²) >= 11 is 9.18. The Morgan fingerprint density at radius 2 is 2.17 bits per heavy atom. The molecule has 0 N–H and O–H groups in total. The second kappa shape index (κ2) is 6.86. The van der Waals surface area contributed by atoms with E-state index in [-0.39, 0.29) is 19.0 Å². The van der Waals surface area contributed by atoms with E-state index in [4.69, 9.17) is 25.8 Å². The molecule has 0 aliphatic carbocycles. The fourth-order valence-electron chi connectivity index (χ4n) is 2.24. The Balaban J connectivity index is 1.78. The highest BCUT2D eigenvalue weighted by molar-refractivity contribution is 9.10.